The topological polar surface area (TPSA) is 54.4 Å². The predicted octanol–water partition coefficient (Wildman–Crippen LogP) is 2.48. The van der Waals surface area contributed by atoms with Crippen molar-refractivity contribution < 1.29 is 13.5 Å². The van der Waals surface area contributed by atoms with E-state index in [0.717, 1.165) is 10.0 Å². The van der Waals surface area contributed by atoms with Crippen molar-refractivity contribution in [2.75, 3.05) is 5.75 Å². The number of aliphatic hydroxyl groups is 1. The molecule has 1 heterocycles. The summed E-state index contributed by atoms with van der Waals surface area (Å²) in [6, 6.07) is 5.22. The van der Waals surface area contributed by atoms with Gasteiger partial charge < -0.3 is 5.11 Å². The fraction of sp³-hybridized carbons (Fsp3) is 0.500. The monoisotopic (exact) mass is 318 g/mol. The highest BCUT2D eigenvalue weighted by molar-refractivity contribution is 9.10. The highest BCUT2D eigenvalue weighted by Gasteiger charge is 2.37. The second-order valence-corrected chi connectivity index (χ2v) is 8.10. The van der Waals surface area contributed by atoms with Crippen molar-refractivity contribution >= 4 is 25.8 Å². The first-order chi connectivity index (χ1) is 7.69. The van der Waals surface area contributed by atoms with Crippen LogP contribution in [0.5, 0.6) is 0 Å². The fourth-order valence-electron chi connectivity index (χ4n) is 2.34. The zero-order chi connectivity index (χ0) is 12.8. The van der Waals surface area contributed by atoms with E-state index in [2.05, 4.69) is 15.9 Å². The van der Waals surface area contributed by atoms with E-state index in [9.17, 15) is 13.5 Å². The molecule has 0 saturated heterocycles. The van der Waals surface area contributed by atoms with Crippen molar-refractivity contribution in [1.29, 1.82) is 0 Å². The lowest BCUT2D eigenvalue weighted by molar-refractivity contribution is 0.0652. The minimum Gasteiger partial charge on any atom is -0.390 e. The lowest BCUT2D eigenvalue weighted by Gasteiger charge is -2.21. The molecule has 1 N–H and O–H groups in total. The van der Waals surface area contributed by atoms with E-state index in [0.29, 0.717) is 11.3 Å². The minimum atomic E-state index is -3.18. The number of fused-ring (bicyclic) bond motifs is 1. The van der Waals surface area contributed by atoms with Crippen LogP contribution in [0.15, 0.2) is 27.6 Å². The number of benzene rings is 1. The van der Waals surface area contributed by atoms with Crippen LogP contribution in [0.4, 0.5) is 0 Å². The van der Waals surface area contributed by atoms with E-state index in [4.69, 9.17) is 0 Å². The molecule has 0 aliphatic carbocycles. The molecule has 3 nitrogen and oxygen atoms in total. The summed E-state index contributed by atoms with van der Waals surface area (Å²) in [7, 11) is -3.18. The Kier molecular flexibility index (Phi) is 3.13. The lowest BCUT2D eigenvalue weighted by atomic mass is 9.89. The molecule has 2 rings (SSSR count). The second kappa shape index (κ2) is 4.07. The van der Waals surface area contributed by atoms with Gasteiger partial charge in [-0.25, -0.2) is 8.42 Å². The lowest BCUT2D eigenvalue weighted by Crippen LogP contribution is -2.23. The summed E-state index contributed by atoms with van der Waals surface area (Å²) in [5, 5.41) is 9.84. The normalized spacial score (nSPS) is 22.5. The molecule has 1 atom stereocenters. The van der Waals surface area contributed by atoms with Crippen molar-refractivity contribution in [3.8, 4) is 0 Å². The maximum atomic E-state index is 12.0. The van der Waals surface area contributed by atoms with E-state index < -0.39 is 15.4 Å². The van der Waals surface area contributed by atoms with Crippen LogP contribution in [0.25, 0.3) is 0 Å². The van der Waals surface area contributed by atoms with Crippen LogP contribution < -0.4 is 0 Å². The SMILES string of the molecule is CC(C)(O)CC1CS(=O)(=O)c2ccc(Br)cc21. The molecule has 0 saturated carbocycles. The maximum absolute atomic E-state index is 12.0. The Labute approximate surface area is 110 Å². The maximum Gasteiger partial charge on any atom is 0.179 e. The van der Waals surface area contributed by atoms with Gasteiger partial charge in [-0.05, 0) is 44.0 Å². The van der Waals surface area contributed by atoms with E-state index in [-0.39, 0.29) is 11.7 Å². The quantitative estimate of drug-likeness (QED) is 0.911. The van der Waals surface area contributed by atoms with Crippen LogP contribution in [-0.4, -0.2) is 24.9 Å². The van der Waals surface area contributed by atoms with Gasteiger partial charge in [0.1, 0.15) is 0 Å². The van der Waals surface area contributed by atoms with Crippen molar-refractivity contribution in [2.45, 2.75) is 36.7 Å². The third-order valence-electron chi connectivity index (χ3n) is 2.91. The summed E-state index contributed by atoms with van der Waals surface area (Å²) in [6.45, 7) is 3.41. The van der Waals surface area contributed by atoms with Crippen molar-refractivity contribution in [3.63, 3.8) is 0 Å². The van der Waals surface area contributed by atoms with E-state index >= 15 is 0 Å². The van der Waals surface area contributed by atoms with Crippen LogP contribution in [0.2, 0.25) is 0 Å². The molecule has 94 valence electrons. The van der Waals surface area contributed by atoms with Gasteiger partial charge in [-0.15, -0.1) is 0 Å². The molecule has 0 radical (unpaired) electrons. The van der Waals surface area contributed by atoms with Crippen molar-refractivity contribution in [2.24, 2.45) is 0 Å². The largest absolute Gasteiger partial charge is 0.390 e. The van der Waals surface area contributed by atoms with Gasteiger partial charge in [-0.1, -0.05) is 15.9 Å². The average molecular weight is 319 g/mol. The van der Waals surface area contributed by atoms with Crippen LogP contribution in [0.3, 0.4) is 0 Å². The fourth-order valence-corrected chi connectivity index (χ4v) is 4.58. The van der Waals surface area contributed by atoms with Gasteiger partial charge >= 0.3 is 0 Å². The highest BCUT2D eigenvalue weighted by Crippen LogP contribution is 2.40. The molecule has 0 amide bonds. The summed E-state index contributed by atoms with van der Waals surface area (Å²) in [6.07, 6.45) is 0.454. The molecule has 0 spiro atoms. The highest BCUT2D eigenvalue weighted by atomic mass is 79.9. The Hall–Kier alpha value is -0.390. The Balaban J connectivity index is 2.47. The van der Waals surface area contributed by atoms with Gasteiger partial charge in [0, 0.05) is 10.4 Å². The second-order valence-electron chi connectivity index (χ2n) is 5.18. The number of halogens is 1. The van der Waals surface area contributed by atoms with Crippen LogP contribution >= 0.6 is 15.9 Å². The number of hydrogen-bond donors (Lipinski definition) is 1. The van der Waals surface area contributed by atoms with Crippen molar-refractivity contribution in [3.05, 3.63) is 28.2 Å². The van der Waals surface area contributed by atoms with Crippen molar-refractivity contribution in [1.82, 2.24) is 0 Å². The van der Waals surface area contributed by atoms with Gasteiger partial charge in [0.15, 0.2) is 9.84 Å². The Bertz CT molecular complexity index is 543. The van der Waals surface area contributed by atoms with Gasteiger partial charge in [0.25, 0.3) is 0 Å². The zero-order valence-corrected chi connectivity index (χ0v) is 12.2. The smallest absolute Gasteiger partial charge is 0.179 e. The molecule has 1 unspecified atom stereocenters. The summed E-state index contributed by atoms with van der Waals surface area (Å²) in [5.74, 6) is -0.0181. The van der Waals surface area contributed by atoms with E-state index in [1.54, 1.807) is 26.0 Å². The van der Waals surface area contributed by atoms with Gasteiger partial charge in [-0.2, -0.15) is 0 Å². The predicted molar refractivity (Wildman–Crippen MR) is 69.9 cm³/mol. The number of rotatable bonds is 2. The molecule has 0 bridgehead atoms. The van der Waals surface area contributed by atoms with Gasteiger partial charge in [-0.3, -0.25) is 0 Å². The summed E-state index contributed by atoms with van der Waals surface area (Å²) in [5.41, 5.74) is -0.0362. The molecule has 0 fully saturated rings. The van der Waals surface area contributed by atoms with Crippen LogP contribution in [-0.2, 0) is 9.84 Å². The van der Waals surface area contributed by atoms with Crippen LogP contribution in [0.1, 0.15) is 31.7 Å². The molecule has 17 heavy (non-hydrogen) atoms. The van der Waals surface area contributed by atoms with Gasteiger partial charge in [0.05, 0.1) is 16.2 Å². The number of hydrogen-bond acceptors (Lipinski definition) is 3. The summed E-state index contributed by atoms with van der Waals surface area (Å²) >= 11 is 3.35. The van der Waals surface area contributed by atoms with Crippen LogP contribution in [0, 0.1) is 0 Å². The molecular formula is C12H15BrO3S. The van der Waals surface area contributed by atoms with E-state index in [1.807, 2.05) is 6.07 Å². The Morgan fingerprint density at radius 1 is 1.47 bits per heavy atom. The molecular weight excluding hydrogens is 304 g/mol. The molecule has 1 aromatic rings. The third-order valence-corrected chi connectivity index (χ3v) is 5.29. The average Bonchev–Trinajstić information content (AvgIpc) is 2.35. The molecule has 1 aromatic carbocycles. The zero-order valence-electron chi connectivity index (χ0n) is 9.77. The summed E-state index contributed by atoms with van der Waals surface area (Å²) < 4.78 is 24.8. The van der Waals surface area contributed by atoms with E-state index in [1.165, 1.54) is 0 Å². The van der Waals surface area contributed by atoms with Gasteiger partial charge in [0.2, 0.25) is 0 Å². The molecule has 1 aliphatic heterocycles. The minimum absolute atomic E-state index is 0.1000. The third kappa shape index (κ3) is 2.72. The standard InChI is InChI=1S/C12H15BrO3S/c1-12(2,14)6-8-7-17(15,16)11-4-3-9(13)5-10(8)11/h3-5,8,14H,6-7H2,1-2H3. The summed E-state index contributed by atoms with van der Waals surface area (Å²) in [4.78, 5) is 0.412. The first-order valence-corrected chi connectivity index (χ1v) is 7.88. The molecule has 1 aliphatic rings. The first-order valence-electron chi connectivity index (χ1n) is 5.44. The number of sulfone groups is 1. The Morgan fingerprint density at radius 3 is 2.71 bits per heavy atom. The Morgan fingerprint density at radius 2 is 2.12 bits per heavy atom. The molecule has 0 aromatic heterocycles. The molecule has 5 heteroatoms. The first kappa shape index (κ1) is 13.1.